The van der Waals surface area contributed by atoms with Gasteiger partial charge in [-0.25, -0.2) is 0 Å². The highest BCUT2D eigenvalue weighted by Crippen LogP contribution is 2.35. The monoisotopic (exact) mass is 266 g/mol. The van der Waals surface area contributed by atoms with Gasteiger partial charge in [0.15, 0.2) is 0 Å². The summed E-state index contributed by atoms with van der Waals surface area (Å²) in [6, 6.07) is 0.888. The Balaban J connectivity index is 1.58. The Kier molecular flexibility index (Phi) is 3.87. The van der Waals surface area contributed by atoms with Gasteiger partial charge in [0.25, 0.3) is 0 Å². The van der Waals surface area contributed by atoms with Gasteiger partial charge < -0.3 is 10.6 Å². The molecule has 3 rings (SSSR count). The Labute approximate surface area is 117 Å². The van der Waals surface area contributed by atoms with Crippen LogP contribution in [0.1, 0.15) is 25.7 Å². The van der Waals surface area contributed by atoms with Crippen molar-refractivity contribution in [2.45, 2.75) is 37.3 Å². The van der Waals surface area contributed by atoms with Gasteiger partial charge in [0, 0.05) is 44.3 Å². The van der Waals surface area contributed by atoms with Crippen molar-refractivity contribution in [3.05, 3.63) is 0 Å². The first kappa shape index (κ1) is 13.8. The van der Waals surface area contributed by atoms with E-state index in [0.29, 0.717) is 0 Å². The number of likely N-dealkylation sites (tertiary alicyclic amines) is 2. The number of rotatable bonds is 5. The first-order chi connectivity index (χ1) is 9.13. The summed E-state index contributed by atoms with van der Waals surface area (Å²) >= 11 is 0. The van der Waals surface area contributed by atoms with E-state index in [1.807, 2.05) is 0 Å². The smallest absolute Gasteiger partial charge is 0.0467 e. The lowest BCUT2D eigenvalue weighted by atomic mass is 9.95. The summed E-state index contributed by atoms with van der Waals surface area (Å²) in [6.45, 7) is 7.03. The van der Waals surface area contributed by atoms with Crippen LogP contribution in [0.3, 0.4) is 0 Å². The van der Waals surface area contributed by atoms with E-state index in [4.69, 9.17) is 5.73 Å². The van der Waals surface area contributed by atoms with Crippen molar-refractivity contribution in [3.63, 3.8) is 0 Å². The second-order valence-electron chi connectivity index (χ2n) is 7.18. The van der Waals surface area contributed by atoms with Crippen molar-refractivity contribution in [2.75, 3.05) is 53.4 Å². The van der Waals surface area contributed by atoms with Crippen molar-refractivity contribution in [1.29, 1.82) is 0 Å². The summed E-state index contributed by atoms with van der Waals surface area (Å²) in [7, 11) is 4.55. The molecule has 0 bridgehead atoms. The molecule has 1 saturated carbocycles. The molecule has 2 N–H and O–H groups in total. The zero-order valence-corrected chi connectivity index (χ0v) is 12.6. The van der Waals surface area contributed by atoms with Gasteiger partial charge in [0.2, 0.25) is 0 Å². The van der Waals surface area contributed by atoms with Crippen LogP contribution < -0.4 is 5.73 Å². The standard InChI is InChI=1S/C15H30N4/c1-17-7-5-13(9-17)10-18(2)15(11-16)6-8-19(12-15)14-3-4-14/h13-14H,3-12,16H2,1-2H3. The fraction of sp³-hybridized carbons (Fsp3) is 1.00. The third-order valence-electron chi connectivity index (χ3n) is 5.64. The van der Waals surface area contributed by atoms with E-state index in [1.54, 1.807) is 0 Å². The Morgan fingerprint density at radius 2 is 2.05 bits per heavy atom. The number of hydrogen-bond donors (Lipinski definition) is 1. The Morgan fingerprint density at radius 3 is 2.63 bits per heavy atom. The summed E-state index contributed by atoms with van der Waals surface area (Å²) in [5, 5.41) is 0. The van der Waals surface area contributed by atoms with Crippen molar-refractivity contribution >= 4 is 0 Å². The van der Waals surface area contributed by atoms with E-state index < -0.39 is 0 Å². The molecule has 110 valence electrons. The van der Waals surface area contributed by atoms with Crippen molar-refractivity contribution in [3.8, 4) is 0 Å². The average molecular weight is 266 g/mol. The predicted molar refractivity (Wildman–Crippen MR) is 79.2 cm³/mol. The minimum absolute atomic E-state index is 0.254. The maximum Gasteiger partial charge on any atom is 0.0467 e. The van der Waals surface area contributed by atoms with Gasteiger partial charge in [0.05, 0.1) is 0 Å². The van der Waals surface area contributed by atoms with Crippen LogP contribution in [0.5, 0.6) is 0 Å². The molecule has 0 aromatic carbocycles. The molecule has 2 unspecified atom stereocenters. The zero-order chi connectivity index (χ0) is 13.5. The van der Waals surface area contributed by atoms with E-state index in [2.05, 4.69) is 28.8 Å². The quantitative estimate of drug-likeness (QED) is 0.783. The molecule has 0 spiro atoms. The number of hydrogen-bond acceptors (Lipinski definition) is 4. The first-order valence-corrected chi connectivity index (χ1v) is 7.97. The maximum absolute atomic E-state index is 6.18. The minimum Gasteiger partial charge on any atom is -0.329 e. The lowest BCUT2D eigenvalue weighted by molar-refractivity contribution is 0.110. The van der Waals surface area contributed by atoms with E-state index in [0.717, 1.165) is 18.5 Å². The average Bonchev–Trinajstić information content (AvgIpc) is 3.02. The lowest BCUT2D eigenvalue weighted by Crippen LogP contribution is -2.55. The summed E-state index contributed by atoms with van der Waals surface area (Å²) in [5.41, 5.74) is 6.43. The normalized spacial score (nSPS) is 37.6. The molecule has 3 aliphatic rings. The van der Waals surface area contributed by atoms with Crippen LogP contribution in [0.25, 0.3) is 0 Å². The molecule has 0 radical (unpaired) electrons. The van der Waals surface area contributed by atoms with E-state index >= 15 is 0 Å². The second-order valence-corrected chi connectivity index (χ2v) is 7.18. The zero-order valence-electron chi connectivity index (χ0n) is 12.6. The topological polar surface area (TPSA) is 35.7 Å². The summed E-state index contributed by atoms with van der Waals surface area (Å²) in [4.78, 5) is 7.74. The van der Waals surface area contributed by atoms with Crippen LogP contribution >= 0.6 is 0 Å². The van der Waals surface area contributed by atoms with Crippen LogP contribution in [-0.2, 0) is 0 Å². The minimum atomic E-state index is 0.254. The summed E-state index contributed by atoms with van der Waals surface area (Å²) < 4.78 is 0. The molecule has 1 aliphatic carbocycles. The Morgan fingerprint density at radius 1 is 1.26 bits per heavy atom. The van der Waals surface area contributed by atoms with Crippen LogP contribution in [0.4, 0.5) is 0 Å². The molecule has 0 aromatic rings. The molecule has 2 atom stereocenters. The van der Waals surface area contributed by atoms with Crippen molar-refractivity contribution < 1.29 is 0 Å². The van der Waals surface area contributed by atoms with Gasteiger partial charge in [-0.05, 0) is 52.2 Å². The lowest BCUT2D eigenvalue weighted by Gasteiger charge is -2.39. The van der Waals surface area contributed by atoms with Gasteiger partial charge in [-0.3, -0.25) is 9.80 Å². The molecule has 2 aliphatic heterocycles. The fourth-order valence-corrected chi connectivity index (χ4v) is 4.03. The largest absolute Gasteiger partial charge is 0.329 e. The highest BCUT2D eigenvalue weighted by atomic mass is 15.3. The molecule has 4 heteroatoms. The Bertz CT molecular complexity index is 317. The van der Waals surface area contributed by atoms with Crippen LogP contribution in [0.2, 0.25) is 0 Å². The molecule has 4 nitrogen and oxygen atoms in total. The molecule has 0 amide bonds. The van der Waals surface area contributed by atoms with Gasteiger partial charge in [-0.15, -0.1) is 0 Å². The number of nitrogens with two attached hydrogens (primary N) is 1. The van der Waals surface area contributed by atoms with Crippen LogP contribution in [0.15, 0.2) is 0 Å². The summed E-state index contributed by atoms with van der Waals surface area (Å²) in [6.07, 6.45) is 5.45. The molecule has 2 heterocycles. The molecular weight excluding hydrogens is 236 g/mol. The van der Waals surface area contributed by atoms with Crippen LogP contribution in [0, 0.1) is 5.92 Å². The van der Waals surface area contributed by atoms with Gasteiger partial charge in [-0.2, -0.15) is 0 Å². The predicted octanol–water partition coefficient (Wildman–Crippen LogP) is 0.436. The van der Waals surface area contributed by atoms with Gasteiger partial charge >= 0.3 is 0 Å². The first-order valence-electron chi connectivity index (χ1n) is 7.97. The number of likely N-dealkylation sites (N-methyl/N-ethyl adjacent to an activating group) is 1. The van der Waals surface area contributed by atoms with Gasteiger partial charge in [-0.1, -0.05) is 0 Å². The summed E-state index contributed by atoms with van der Waals surface area (Å²) in [5.74, 6) is 0.841. The molecule has 19 heavy (non-hydrogen) atoms. The maximum atomic E-state index is 6.18. The highest BCUT2D eigenvalue weighted by molar-refractivity contribution is 5.03. The van der Waals surface area contributed by atoms with Gasteiger partial charge in [0.1, 0.15) is 0 Å². The second kappa shape index (κ2) is 5.32. The molecule has 2 saturated heterocycles. The van der Waals surface area contributed by atoms with Crippen molar-refractivity contribution in [2.24, 2.45) is 11.7 Å². The SMILES string of the molecule is CN1CCC(CN(C)C2(CN)CCN(C3CC3)C2)C1. The van der Waals surface area contributed by atoms with Crippen molar-refractivity contribution in [1.82, 2.24) is 14.7 Å². The fourth-order valence-electron chi connectivity index (χ4n) is 4.03. The highest BCUT2D eigenvalue weighted by Gasteiger charge is 2.45. The van der Waals surface area contributed by atoms with Crippen LogP contribution in [-0.4, -0.2) is 79.6 Å². The third-order valence-corrected chi connectivity index (χ3v) is 5.64. The Hall–Kier alpha value is -0.160. The molecular formula is C15H30N4. The third kappa shape index (κ3) is 2.82. The van der Waals surface area contributed by atoms with E-state index in [-0.39, 0.29) is 5.54 Å². The van der Waals surface area contributed by atoms with E-state index in [9.17, 15) is 0 Å². The molecule has 0 aromatic heterocycles. The molecule has 3 fully saturated rings. The number of nitrogens with zero attached hydrogens (tertiary/aromatic N) is 3. The van der Waals surface area contributed by atoms with E-state index in [1.165, 1.54) is 58.4 Å².